The molecule has 0 fully saturated rings. The van der Waals surface area contributed by atoms with Crippen molar-refractivity contribution in [3.63, 3.8) is 0 Å². The molecule has 46 heavy (non-hydrogen) atoms. The monoisotopic (exact) mass is 770 g/mol. The highest BCUT2D eigenvalue weighted by atomic mass is 79.9. The SMILES string of the molecule is [2H]C([2H])(OCc1ccccc1)C(O)CNc1cc(F)c(N)cc1Br.[2H]C([2H])(OCc1ccccc1)C(O)CNc1cc(F)c([N+](=O)[O-])cc1Br. The normalized spacial score (nSPS) is 14.0. The summed E-state index contributed by atoms with van der Waals surface area (Å²) in [7, 11) is 0. The van der Waals surface area contributed by atoms with Gasteiger partial charge in [-0.15, -0.1) is 0 Å². The van der Waals surface area contributed by atoms with E-state index in [9.17, 15) is 29.1 Å². The fourth-order valence-corrected chi connectivity index (χ4v) is 4.57. The van der Waals surface area contributed by atoms with Crippen LogP contribution in [0.1, 0.15) is 16.6 Å². The van der Waals surface area contributed by atoms with Gasteiger partial charge in [0.05, 0.1) is 66.0 Å². The van der Waals surface area contributed by atoms with Crippen molar-refractivity contribution < 1.29 is 38.9 Å². The van der Waals surface area contributed by atoms with E-state index in [4.69, 9.17) is 20.7 Å². The number of nitrogens with zero attached hydrogens (tertiary/aromatic N) is 1. The number of nitro benzene ring substituents is 1. The van der Waals surface area contributed by atoms with Gasteiger partial charge in [0.25, 0.3) is 0 Å². The number of rotatable bonds is 15. The molecule has 4 aromatic carbocycles. The van der Waals surface area contributed by atoms with Crippen LogP contribution in [-0.2, 0) is 22.7 Å². The maximum absolute atomic E-state index is 13.7. The second-order valence-corrected chi connectivity index (χ2v) is 11.2. The molecule has 0 aliphatic heterocycles. The molecule has 0 spiro atoms. The van der Waals surface area contributed by atoms with Crippen LogP contribution in [0.15, 0.2) is 93.9 Å². The number of aliphatic hydroxyl groups excluding tert-OH is 2. The van der Waals surface area contributed by atoms with Gasteiger partial charge in [0.15, 0.2) is 0 Å². The van der Waals surface area contributed by atoms with E-state index in [0.29, 0.717) is 10.2 Å². The average molecular weight is 772 g/mol. The molecule has 0 saturated heterocycles. The first-order valence-electron chi connectivity index (χ1n) is 15.6. The topological polar surface area (TPSA) is 152 Å². The summed E-state index contributed by atoms with van der Waals surface area (Å²) in [5.74, 6) is -1.64. The van der Waals surface area contributed by atoms with Gasteiger partial charge in [0.2, 0.25) is 5.82 Å². The van der Waals surface area contributed by atoms with Gasteiger partial charge in [0, 0.05) is 40.2 Å². The zero-order valence-electron chi connectivity index (χ0n) is 28.1. The number of ether oxygens (including phenoxy) is 2. The highest BCUT2D eigenvalue weighted by Crippen LogP contribution is 2.30. The number of anilines is 3. The highest BCUT2D eigenvalue weighted by molar-refractivity contribution is 9.11. The highest BCUT2D eigenvalue weighted by Gasteiger charge is 2.18. The molecule has 4 aromatic rings. The molecule has 14 heteroatoms. The quantitative estimate of drug-likeness (QED) is 0.0509. The minimum absolute atomic E-state index is 0.00509. The largest absolute Gasteiger partial charge is 0.396 e. The molecule has 0 radical (unpaired) electrons. The number of halogens is 4. The van der Waals surface area contributed by atoms with E-state index in [1.807, 2.05) is 24.3 Å². The van der Waals surface area contributed by atoms with E-state index in [1.54, 1.807) is 36.4 Å². The molecule has 0 heterocycles. The third-order valence-corrected chi connectivity index (χ3v) is 7.21. The number of hydrogen-bond donors (Lipinski definition) is 5. The number of nitrogens with two attached hydrogens (primary N) is 1. The minimum Gasteiger partial charge on any atom is -0.396 e. The van der Waals surface area contributed by atoms with E-state index in [1.165, 1.54) is 12.1 Å². The fourth-order valence-electron chi connectivity index (χ4n) is 3.60. The smallest absolute Gasteiger partial charge is 0.306 e. The predicted octanol–water partition coefficient (Wildman–Crippen LogP) is 6.65. The third kappa shape index (κ3) is 12.6. The van der Waals surface area contributed by atoms with Crippen molar-refractivity contribution >= 4 is 54.6 Å². The van der Waals surface area contributed by atoms with Gasteiger partial charge >= 0.3 is 5.69 Å². The van der Waals surface area contributed by atoms with Crippen molar-refractivity contribution in [1.82, 2.24) is 0 Å². The summed E-state index contributed by atoms with van der Waals surface area (Å²) in [6.45, 7) is -5.07. The second-order valence-electron chi connectivity index (χ2n) is 9.47. The number of hydrogen-bond acceptors (Lipinski definition) is 9. The Labute approximate surface area is 287 Å². The Morgan fingerprint density at radius 2 is 1.24 bits per heavy atom. The zero-order valence-corrected chi connectivity index (χ0v) is 27.3. The summed E-state index contributed by atoms with van der Waals surface area (Å²) in [4.78, 5) is 9.84. The summed E-state index contributed by atoms with van der Waals surface area (Å²) in [6, 6.07) is 22.5. The lowest BCUT2D eigenvalue weighted by Gasteiger charge is -2.15. The predicted molar refractivity (Wildman–Crippen MR) is 180 cm³/mol. The molecule has 246 valence electrons. The lowest BCUT2D eigenvalue weighted by Crippen LogP contribution is -2.25. The summed E-state index contributed by atoms with van der Waals surface area (Å²) in [6.07, 6.45) is -3.01. The van der Waals surface area contributed by atoms with Crippen molar-refractivity contribution in [1.29, 1.82) is 0 Å². The van der Waals surface area contributed by atoms with E-state index in [0.717, 1.165) is 23.3 Å². The molecule has 6 N–H and O–H groups in total. The summed E-state index contributed by atoms with van der Waals surface area (Å²) >= 11 is 6.30. The Morgan fingerprint density at radius 1 is 0.804 bits per heavy atom. The van der Waals surface area contributed by atoms with Crippen molar-refractivity contribution in [2.75, 3.05) is 42.6 Å². The lowest BCUT2D eigenvalue weighted by atomic mass is 10.2. The van der Waals surface area contributed by atoms with Crippen LogP contribution in [0.2, 0.25) is 0 Å². The van der Waals surface area contributed by atoms with Gasteiger partial charge < -0.3 is 36.1 Å². The maximum Gasteiger partial charge on any atom is 0.306 e. The third-order valence-electron chi connectivity index (χ3n) is 5.89. The van der Waals surface area contributed by atoms with Crippen LogP contribution in [-0.4, -0.2) is 53.6 Å². The first-order valence-corrected chi connectivity index (χ1v) is 15.2. The summed E-state index contributed by atoms with van der Waals surface area (Å²) in [5, 5.41) is 36.2. The molecule has 0 aromatic heterocycles. The van der Waals surface area contributed by atoms with Gasteiger partial charge in [0.1, 0.15) is 5.82 Å². The number of nitrogens with one attached hydrogen (secondary N) is 2. The number of nitro groups is 1. The number of benzene rings is 4. The Hall–Kier alpha value is -3.66. The van der Waals surface area contributed by atoms with E-state index in [-0.39, 0.29) is 42.2 Å². The molecule has 2 unspecified atom stereocenters. The molecule has 0 aliphatic carbocycles. The molecule has 4 rings (SSSR count). The van der Waals surface area contributed by atoms with Crippen molar-refractivity contribution in [3.8, 4) is 0 Å². The van der Waals surface area contributed by atoms with Gasteiger partial charge in [-0.05, 0) is 49.1 Å². The Kier molecular flexibility index (Phi) is 12.9. The number of nitrogen functional groups attached to an aromatic ring is 1. The average Bonchev–Trinajstić information content (AvgIpc) is 3.08. The van der Waals surface area contributed by atoms with Crippen LogP contribution in [0.5, 0.6) is 0 Å². The Balaban J connectivity index is 0.000000271. The number of aliphatic hydroxyl groups is 2. The van der Waals surface area contributed by atoms with Crippen LogP contribution in [0.25, 0.3) is 0 Å². The van der Waals surface area contributed by atoms with Gasteiger partial charge in [-0.1, -0.05) is 60.7 Å². The molecular weight excluding hydrogens is 734 g/mol. The molecule has 2 atom stereocenters. The standard InChI is InChI=1S/C16H16BrFN2O4.C16H18BrFN2O2/c17-13-6-16(20(22)23)14(18)7-15(13)19-8-12(21)10-24-9-11-4-2-1-3-5-11;17-13-6-15(19)14(18)7-16(13)20-8-12(21)10-22-9-11-4-2-1-3-5-11/h1-7,12,19,21H,8-10H2;1-7,12,20-21H,8-10,19H2/i2*10D2. The van der Waals surface area contributed by atoms with Crippen molar-refractivity contribution in [2.45, 2.75) is 25.4 Å². The van der Waals surface area contributed by atoms with E-state index < -0.39 is 47.6 Å². The molecule has 0 bridgehead atoms. The summed E-state index contributed by atoms with van der Waals surface area (Å²) in [5.41, 5.74) is 6.80. The maximum atomic E-state index is 13.7. The molecular formula is C32H34Br2F2N4O6. The van der Waals surface area contributed by atoms with Crippen LogP contribution in [0.4, 0.5) is 31.5 Å². The lowest BCUT2D eigenvalue weighted by molar-refractivity contribution is -0.387. The van der Waals surface area contributed by atoms with Crippen LogP contribution >= 0.6 is 31.9 Å². The van der Waals surface area contributed by atoms with Gasteiger partial charge in [-0.2, -0.15) is 4.39 Å². The summed E-state index contributed by atoms with van der Waals surface area (Å²) < 4.78 is 69.5. The molecule has 0 saturated carbocycles. The van der Waals surface area contributed by atoms with Crippen LogP contribution < -0.4 is 16.4 Å². The van der Waals surface area contributed by atoms with Crippen LogP contribution in [0, 0.1) is 21.7 Å². The second kappa shape index (κ2) is 19.1. The molecule has 10 nitrogen and oxygen atoms in total. The Morgan fingerprint density at radius 3 is 1.70 bits per heavy atom. The van der Waals surface area contributed by atoms with Gasteiger partial charge in [-0.3, -0.25) is 10.1 Å². The van der Waals surface area contributed by atoms with Crippen LogP contribution in [0.3, 0.4) is 0 Å². The Bertz CT molecular complexity index is 1720. The van der Waals surface area contributed by atoms with E-state index >= 15 is 0 Å². The first-order chi connectivity index (χ1) is 23.5. The van der Waals surface area contributed by atoms with Crippen molar-refractivity contribution in [2.24, 2.45) is 0 Å². The van der Waals surface area contributed by atoms with Gasteiger partial charge in [-0.25, -0.2) is 4.39 Å². The molecule has 0 amide bonds. The van der Waals surface area contributed by atoms with E-state index in [2.05, 4.69) is 42.5 Å². The molecule has 0 aliphatic rings. The van der Waals surface area contributed by atoms with Crippen molar-refractivity contribution in [3.05, 3.63) is 127 Å². The first kappa shape index (κ1) is 31.0. The fraction of sp³-hybridized carbons (Fsp3) is 0.250. The zero-order chi connectivity index (χ0) is 37.1. The minimum atomic E-state index is -2.35.